The molecule has 1 saturated heterocycles. The Morgan fingerprint density at radius 1 is 1.28 bits per heavy atom. The number of hydrogen-bond acceptors (Lipinski definition) is 4. The highest BCUT2D eigenvalue weighted by molar-refractivity contribution is 7.23. The van der Waals surface area contributed by atoms with Crippen molar-refractivity contribution in [2.75, 3.05) is 0 Å². The summed E-state index contributed by atoms with van der Waals surface area (Å²) in [6.45, 7) is 10.5. The predicted molar refractivity (Wildman–Crippen MR) is 74.6 cm³/mol. The van der Waals surface area contributed by atoms with Crippen LogP contribution in [0.15, 0.2) is 12.1 Å². The number of aldehydes is 1. The van der Waals surface area contributed by atoms with Gasteiger partial charge in [0.2, 0.25) is 0 Å². The van der Waals surface area contributed by atoms with Gasteiger partial charge in [-0.3, -0.25) is 4.79 Å². The van der Waals surface area contributed by atoms with Crippen molar-refractivity contribution in [2.24, 2.45) is 5.92 Å². The molecule has 0 radical (unpaired) electrons. The van der Waals surface area contributed by atoms with E-state index in [0.29, 0.717) is 10.8 Å². The van der Waals surface area contributed by atoms with E-state index < -0.39 is 0 Å². The molecule has 18 heavy (non-hydrogen) atoms. The summed E-state index contributed by atoms with van der Waals surface area (Å²) < 4.78 is 13.1. The summed E-state index contributed by atoms with van der Waals surface area (Å²) in [6, 6.07) is 3.71. The van der Waals surface area contributed by atoms with Crippen molar-refractivity contribution in [2.45, 2.75) is 45.8 Å². The summed E-state index contributed by atoms with van der Waals surface area (Å²) in [5.41, 5.74) is -0.680. The molecule has 0 aliphatic carbocycles. The molecule has 1 fully saturated rings. The zero-order valence-electron chi connectivity index (χ0n) is 11.5. The zero-order valence-corrected chi connectivity index (χ0v) is 12.3. The Balaban J connectivity index is 2.27. The second-order valence-corrected chi connectivity index (χ2v) is 6.84. The quantitative estimate of drug-likeness (QED) is 0.623. The summed E-state index contributed by atoms with van der Waals surface area (Å²) in [7, 11) is -0.369. The maximum atomic E-state index is 10.7. The first-order chi connectivity index (χ1) is 8.30. The molecule has 1 aliphatic rings. The van der Waals surface area contributed by atoms with Crippen molar-refractivity contribution in [1.29, 1.82) is 0 Å². The second-order valence-electron chi connectivity index (χ2n) is 5.70. The highest BCUT2D eigenvalue weighted by Gasteiger charge is 2.56. The molecule has 5 heteroatoms. The van der Waals surface area contributed by atoms with Gasteiger partial charge in [-0.05, 0) is 32.8 Å². The second kappa shape index (κ2) is 4.47. The Hall–Kier alpha value is -0.645. The molecule has 0 bridgehead atoms. The largest absolute Gasteiger partial charge is 0.505 e. The molecular formula is C13H19BO3S. The third-order valence-electron chi connectivity index (χ3n) is 4.05. The molecule has 1 aromatic rings. The van der Waals surface area contributed by atoms with Crippen LogP contribution in [0, 0.1) is 5.92 Å². The molecule has 1 unspecified atom stereocenters. The predicted octanol–water partition coefficient (Wildman–Crippen LogP) is 2.50. The molecule has 98 valence electrons. The highest BCUT2D eigenvalue weighted by Crippen LogP contribution is 2.42. The fourth-order valence-corrected chi connectivity index (χ4v) is 3.06. The lowest BCUT2D eigenvalue weighted by atomic mass is 9.79. The van der Waals surface area contributed by atoms with Crippen molar-refractivity contribution < 1.29 is 14.1 Å². The van der Waals surface area contributed by atoms with Gasteiger partial charge in [-0.1, -0.05) is 19.9 Å². The number of carbonyl (C=O) groups is 1. The first-order valence-electron chi connectivity index (χ1n) is 6.21. The third kappa shape index (κ3) is 2.04. The molecule has 2 rings (SSSR count). The van der Waals surface area contributed by atoms with E-state index in [0.717, 1.165) is 11.1 Å². The third-order valence-corrected chi connectivity index (χ3v) is 5.08. The average Bonchev–Trinajstić information content (AvgIpc) is 2.83. The number of thiophene rings is 1. The lowest BCUT2D eigenvalue weighted by molar-refractivity contribution is -0.0435. The lowest BCUT2D eigenvalue weighted by Gasteiger charge is -2.39. The Morgan fingerprint density at radius 3 is 2.39 bits per heavy atom. The number of hydrogen-bond donors (Lipinski definition) is 0. The van der Waals surface area contributed by atoms with Gasteiger partial charge in [-0.25, -0.2) is 0 Å². The van der Waals surface area contributed by atoms with Gasteiger partial charge < -0.3 is 9.31 Å². The summed E-state index contributed by atoms with van der Waals surface area (Å²) in [5.74, 6) is 0.350. The fraction of sp³-hybridized carbons (Fsp3) is 0.615. The molecule has 1 atom stereocenters. The topological polar surface area (TPSA) is 35.5 Å². The van der Waals surface area contributed by atoms with Crippen molar-refractivity contribution in [1.82, 2.24) is 0 Å². The van der Waals surface area contributed by atoms with Gasteiger partial charge in [0.15, 0.2) is 6.29 Å². The average molecular weight is 266 g/mol. The molecule has 0 saturated carbocycles. The Labute approximate surface area is 113 Å². The van der Waals surface area contributed by atoms with E-state index in [1.165, 1.54) is 11.3 Å². The lowest BCUT2D eigenvalue weighted by Crippen LogP contribution is -2.48. The van der Waals surface area contributed by atoms with Crippen LogP contribution in [0.3, 0.4) is 0 Å². The van der Waals surface area contributed by atoms with Crippen LogP contribution in [0.2, 0.25) is 0 Å². The van der Waals surface area contributed by atoms with Crippen LogP contribution in [-0.4, -0.2) is 24.6 Å². The highest BCUT2D eigenvalue weighted by atomic mass is 32.1. The molecule has 3 nitrogen and oxygen atoms in total. The summed E-state index contributed by atoms with van der Waals surface area (Å²) in [5, 5.41) is 0. The Morgan fingerprint density at radius 2 is 1.94 bits per heavy atom. The van der Waals surface area contributed by atoms with E-state index in [2.05, 4.69) is 34.6 Å². The van der Waals surface area contributed by atoms with Crippen LogP contribution in [0.4, 0.5) is 0 Å². The number of rotatable bonds is 3. The fourth-order valence-electron chi connectivity index (χ4n) is 2.28. The van der Waals surface area contributed by atoms with Gasteiger partial charge >= 0.3 is 7.12 Å². The molecular weight excluding hydrogens is 247 g/mol. The SMILES string of the molecule is CC(C)C1(C)OB(c2ccc(C=O)s2)OC1(C)C. The molecule has 1 aliphatic heterocycles. The number of carbonyl (C=O) groups excluding carboxylic acids is 1. The van der Waals surface area contributed by atoms with E-state index in [1.54, 1.807) is 6.07 Å². The van der Waals surface area contributed by atoms with Crippen LogP contribution < -0.4 is 4.78 Å². The first kappa shape index (κ1) is 13.8. The van der Waals surface area contributed by atoms with E-state index in [4.69, 9.17) is 9.31 Å². The van der Waals surface area contributed by atoms with Gasteiger partial charge in [0.25, 0.3) is 0 Å². The van der Waals surface area contributed by atoms with Crippen molar-refractivity contribution in [3.63, 3.8) is 0 Å². The van der Waals surface area contributed by atoms with Gasteiger partial charge in [0, 0.05) is 4.78 Å². The molecule has 2 heterocycles. The van der Waals surface area contributed by atoms with Crippen LogP contribution in [0.5, 0.6) is 0 Å². The van der Waals surface area contributed by atoms with Gasteiger partial charge in [0.05, 0.1) is 16.1 Å². The van der Waals surface area contributed by atoms with Crippen LogP contribution >= 0.6 is 11.3 Å². The van der Waals surface area contributed by atoms with Crippen molar-refractivity contribution in [3.05, 3.63) is 17.0 Å². The van der Waals surface area contributed by atoms with Crippen LogP contribution in [0.1, 0.15) is 44.3 Å². The zero-order chi connectivity index (χ0) is 13.6. The molecule has 0 N–H and O–H groups in total. The van der Waals surface area contributed by atoms with E-state index in [1.807, 2.05) is 6.07 Å². The maximum Gasteiger partial charge on any atom is 0.505 e. The monoisotopic (exact) mass is 266 g/mol. The molecule has 0 spiro atoms. The van der Waals surface area contributed by atoms with Gasteiger partial charge in [-0.2, -0.15) is 0 Å². The van der Waals surface area contributed by atoms with Crippen molar-refractivity contribution >= 4 is 29.5 Å². The van der Waals surface area contributed by atoms with Crippen molar-refractivity contribution in [3.8, 4) is 0 Å². The van der Waals surface area contributed by atoms with E-state index in [-0.39, 0.29) is 18.3 Å². The first-order valence-corrected chi connectivity index (χ1v) is 7.02. The van der Waals surface area contributed by atoms with Crippen LogP contribution in [-0.2, 0) is 9.31 Å². The summed E-state index contributed by atoms with van der Waals surface area (Å²) in [6.07, 6.45) is 0.857. The van der Waals surface area contributed by atoms with Crippen LogP contribution in [0.25, 0.3) is 0 Å². The summed E-state index contributed by atoms with van der Waals surface area (Å²) >= 11 is 1.43. The van der Waals surface area contributed by atoms with Gasteiger partial charge in [-0.15, -0.1) is 11.3 Å². The van der Waals surface area contributed by atoms with E-state index >= 15 is 0 Å². The molecule has 0 amide bonds. The smallest absolute Gasteiger partial charge is 0.399 e. The molecule has 1 aromatic heterocycles. The normalized spacial score (nSPS) is 26.9. The maximum absolute atomic E-state index is 10.7. The minimum Gasteiger partial charge on any atom is -0.399 e. The van der Waals surface area contributed by atoms with E-state index in [9.17, 15) is 4.79 Å². The van der Waals surface area contributed by atoms with Gasteiger partial charge in [0.1, 0.15) is 0 Å². The summed E-state index contributed by atoms with van der Waals surface area (Å²) in [4.78, 5) is 11.4. The Kier molecular flexibility index (Phi) is 3.43. The molecule has 0 aromatic carbocycles. The minimum atomic E-state index is -0.369. The Bertz CT molecular complexity index is 455. The minimum absolute atomic E-state index is 0.330. The standard InChI is InChI=1S/C13H19BO3S/c1-9(2)13(5)12(3,4)16-14(17-13)11-7-6-10(8-15)18-11/h6-9H,1-5H3.